The standard InChI is InChI=1S/C17H18BrN5O4S2/c1-17(2,3)27-16(24)23-12-5-4-11(8-10(12)9-19-23)21-29(25,26)14-13(18)20-15-22(14)6-7-28-15/h4-9,13-14,21H,1-3H3. The van der Waals surface area contributed by atoms with Crippen molar-refractivity contribution in [3.8, 4) is 0 Å². The monoisotopic (exact) mass is 499 g/mol. The first-order valence-corrected chi connectivity index (χ1v) is 12.0. The predicted octanol–water partition coefficient (Wildman–Crippen LogP) is 3.50. The number of rotatable bonds is 3. The van der Waals surface area contributed by atoms with Crippen LogP contribution in [0.1, 0.15) is 20.8 Å². The smallest absolute Gasteiger partial charge is 0.435 e. The molecule has 2 atom stereocenters. The number of alkyl halides is 1. The summed E-state index contributed by atoms with van der Waals surface area (Å²) in [7, 11) is -3.79. The Morgan fingerprint density at radius 2 is 2.10 bits per heavy atom. The number of halogens is 1. The minimum absolute atomic E-state index is 0.366. The van der Waals surface area contributed by atoms with Crippen LogP contribution < -0.4 is 4.72 Å². The van der Waals surface area contributed by atoms with Gasteiger partial charge in [0.1, 0.15) is 10.6 Å². The van der Waals surface area contributed by atoms with Crippen LogP contribution in [-0.2, 0) is 14.8 Å². The van der Waals surface area contributed by atoms with Crippen LogP contribution in [0.3, 0.4) is 0 Å². The number of carbonyl (C=O) groups is 1. The van der Waals surface area contributed by atoms with E-state index >= 15 is 0 Å². The molecule has 4 rings (SSSR count). The predicted molar refractivity (Wildman–Crippen MR) is 116 cm³/mol. The Balaban J connectivity index is 1.58. The highest BCUT2D eigenvalue weighted by molar-refractivity contribution is 9.09. The summed E-state index contributed by atoms with van der Waals surface area (Å²) in [5, 5.41) is 6.20. The zero-order valence-corrected chi connectivity index (χ0v) is 19.0. The molecule has 0 aliphatic carbocycles. The van der Waals surface area contributed by atoms with Crippen LogP contribution in [-0.4, -0.2) is 50.3 Å². The first-order chi connectivity index (χ1) is 13.5. The number of sulfonamides is 1. The van der Waals surface area contributed by atoms with Gasteiger partial charge in [0.25, 0.3) is 10.0 Å². The molecule has 9 nitrogen and oxygen atoms in total. The van der Waals surface area contributed by atoms with Gasteiger partial charge >= 0.3 is 6.09 Å². The van der Waals surface area contributed by atoms with Crippen molar-refractivity contribution >= 4 is 65.6 Å². The Labute approximate surface area is 180 Å². The van der Waals surface area contributed by atoms with E-state index in [-0.39, 0.29) is 0 Å². The number of nitrogens with zero attached hydrogens (tertiary/aromatic N) is 4. The third-order valence-corrected chi connectivity index (χ3v) is 7.55. The highest BCUT2D eigenvalue weighted by atomic mass is 79.9. The molecule has 2 aliphatic heterocycles. The molecule has 0 spiro atoms. The number of aromatic nitrogens is 2. The van der Waals surface area contributed by atoms with E-state index in [1.807, 2.05) is 0 Å². The molecule has 0 bridgehead atoms. The second kappa shape index (κ2) is 7.03. The van der Waals surface area contributed by atoms with Crippen LogP contribution in [0.15, 0.2) is 41.0 Å². The van der Waals surface area contributed by atoms with Gasteiger partial charge in [-0.25, -0.2) is 18.2 Å². The lowest BCUT2D eigenvalue weighted by molar-refractivity contribution is 0.0522. The van der Waals surface area contributed by atoms with Crippen LogP contribution in [0.25, 0.3) is 10.9 Å². The van der Waals surface area contributed by atoms with Crippen molar-refractivity contribution in [1.29, 1.82) is 0 Å². The van der Waals surface area contributed by atoms with Crippen molar-refractivity contribution in [3.63, 3.8) is 0 Å². The molecule has 1 N–H and O–H groups in total. The number of hydrogen-bond acceptors (Lipinski definition) is 8. The topological polar surface area (TPSA) is 106 Å². The molecule has 154 valence electrons. The zero-order chi connectivity index (χ0) is 21.0. The molecule has 0 radical (unpaired) electrons. The molecular formula is C17H18BrN5O4S2. The highest BCUT2D eigenvalue weighted by Crippen LogP contribution is 2.36. The fourth-order valence-electron chi connectivity index (χ4n) is 2.94. The normalized spacial score (nSPS) is 21.4. The van der Waals surface area contributed by atoms with Crippen molar-refractivity contribution in [1.82, 2.24) is 14.7 Å². The fraction of sp³-hybridized carbons (Fsp3) is 0.353. The number of ether oxygens (including phenoxy) is 1. The van der Waals surface area contributed by atoms with Crippen LogP contribution in [0.2, 0.25) is 0 Å². The molecule has 1 aromatic carbocycles. The average molecular weight is 500 g/mol. The SMILES string of the molecule is CC(C)(C)OC(=O)n1ncc2cc(NS(=O)(=O)C3C(Br)N=C4SC=CN43)ccc21. The zero-order valence-electron chi connectivity index (χ0n) is 15.7. The number of hydrogen-bond donors (Lipinski definition) is 1. The molecule has 2 aliphatic rings. The summed E-state index contributed by atoms with van der Waals surface area (Å²) < 4.78 is 35.0. The van der Waals surface area contributed by atoms with Gasteiger partial charge in [0, 0.05) is 17.3 Å². The number of nitrogens with one attached hydrogen (secondary N) is 1. The van der Waals surface area contributed by atoms with Crippen LogP contribution in [0.5, 0.6) is 0 Å². The number of anilines is 1. The molecule has 3 heterocycles. The van der Waals surface area contributed by atoms with Gasteiger partial charge in [-0.15, -0.1) is 0 Å². The van der Waals surface area contributed by atoms with E-state index in [2.05, 4.69) is 30.7 Å². The lowest BCUT2D eigenvalue weighted by atomic mass is 10.2. The first-order valence-electron chi connectivity index (χ1n) is 8.61. The van der Waals surface area contributed by atoms with Crippen LogP contribution >= 0.6 is 27.7 Å². The molecule has 2 unspecified atom stereocenters. The first kappa shape index (κ1) is 20.2. The van der Waals surface area contributed by atoms with Gasteiger partial charge in [0.05, 0.1) is 11.7 Å². The Morgan fingerprint density at radius 1 is 1.34 bits per heavy atom. The van der Waals surface area contributed by atoms with E-state index in [9.17, 15) is 13.2 Å². The molecular weight excluding hydrogens is 482 g/mol. The van der Waals surface area contributed by atoms with Gasteiger partial charge in [-0.3, -0.25) is 4.72 Å². The Hall–Kier alpha value is -2.05. The second-order valence-corrected chi connectivity index (χ2v) is 11.0. The summed E-state index contributed by atoms with van der Waals surface area (Å²) in [5.74, 6) is 0. The van der Waals surface area contributed by atoms with Gasteiger partial charge in [0.15, 0.2) is 10.5 Å². The number of thioether (sulfide) groups is 1. The third-order valence-electron chi connectivity index (χ3n) is 4.07. The molecule has 29 heavy (non-hydrogen) atoms. The second-order valence-electron chi connectivity index (χ2n) is 7.44. The minimum atomic E-state index is -3.79. The van der Waals surface area contributed by atoms with Gasteiger partial charge in [0.2, 0.25) is 0 Å². The van der Waals surface area contributed by atoms with Gasteiger partial charge in [-0.2, -0.15) is 9.78 Å². The maximum atomic E-state index is 13.0. The minimum Gasteiger partial charge on any atom is -0.442 e. The number of benzene rings is 1. The van der Waals surface area contributed by atoms with E-state index in [0.717, 1.165) is 4.68 Å². The van der Waals surface area contributed by atoms with E-state index in [1.54, 1.807) is 55.5 Å². The van der Waals surface area contributed by atoms with Crippen molar-refractivity contribution in [2.24, 2.45) is 4.99 Å². The van der Waals surface area contributed by atoms with Crippen molar-refractivity contribution in [3.05, 3.63) is 36.0 Å². The molecule has 0 fully saturated rings. The summed E-state index contributed by atoms with van der Waals surface area (Å²) in [6.45, 7) is 5.31. The van der Waals surface area contributed by atoms with Gasteiger partial charge in [-0.05, 0) is 44.4 Å². The number of amidine groups is 1. The molecule has 2 aromatic rings. The van der Waals surface area contributed by atoms with E-state index in [4.69, 9.17) is 4.74 Å². The summed E-state index contributed by atoms with van der Waals surface area (Å²) in [6, 6.07) is 4.82. The molecule has 0 amide bonds. The maximum Gasteiger partial charge on any atom is 0.435 e. The number of carbonyl (C=O) groups excluding carboxylic acids is 1. The molecule has 0 saturated heterocycles. The summed E-state index contributed by atoms with van der Waals surface area (Å²) in [4.78, 5) is 17.7. The lowest BCUT2D eigenvalue weighted by Gasteiger charge is -2.23. The molecule has 0 saturated carbocycles. The quantitative estimate of drug-likeness (QED) is 0.508. The molecule has 12 heteroatoms. The van der Waals surface area contributed by atoms with Crippen LogP contribution in [0, 0.1) is 0 Å². The summed E-state index contributed by atoms with van der Waals surface area (Å²) in [5.41, 5.74) is 0.234. The van der Waals surface area contributed by atoms with E-state index in [0.29, 0.717) is 21.8 Å². The van der Waals surface area contributed by atoms with Crippen molar-refractivity contribution in [2.45, 2.75) is 36.7 Å². The lowest BCUT2D eigenvalue weighted by Crippen LogP contribution is -2.42. The highest BCUT2D eigenvalue weighted by Gasteiger charge is 2.44. The van der Waals surface area contributed by atoms with Crippen molar-refractivity contribution < 1.29 is 17.9 Å². The molecule has 1 aromatic heterocycles. The van der Waals surface area contributed by atoms with E-state index in [1.165, 1.54) is 18.0 Å². The average Bonchev–Trinajstić information content (AvgIpc) is 3.25. The Kier molecular flexibility index (Phi) is 4.90. The Bertz CT molecular complexity index is 1150. The number of fused-ring (bicyclic) bond motifs is 2. The third kappa shape index (κ3) is 3.88. The van der Waals surface area contributed by atoms with Gasteiger partial charge < -0.3 is 9.64 Å². The van der Waals surface area contributed by atoms with Crippen LogP contribution in [0.4, 0.5) is 10.5 Å². The van der Waals surface area contributed by atoms with Gasteiger partial charge in [-0.1, -0.05) is 27.7 Å². The number of aliphatic imine (C=N–C) groups is 1. The summed E-state index contributed by atoms with van der Waals surface area (Å²) in [6.07, 6.45) is 2.58. The Morgan fingerprint density at radius 3 is 2.83 bits per heavy atom. The maximum absolute atomic E-state index is 13.0. The van der Waals surface area contributed by atoms with E-state index < -0.39 is 32.0 Å². The fourth-order valence-corrected chi connectivity index (χ4v) is 6.63. The summed E-state index contributed by atoms with van der Waals surface area (Å²) >= 11 is 4.70. The van der Waals surface area contributed by atoms with Crippen molar-refractivity contribution in [2.75, 3.05) is 4.72 Å². The largest absolute Gasteiger partial charge is 0.442 e.